The first-order valence-corrected chi connectivity index (χ1v) is 6.41. The summed E-state index contributed by atoms with van der Waals surface area (Å²) in [4.78, 5) is 13.3. The van der Waals surface area contributed by atoms with Crippen LogP contribution in [0.4, 0.5) is 0 Å². The highest BCUT2D eigenvalue weighted by atomic mass is 79.9. The van der Waals surface area contributed by atoms with Gasteiger partial charge in [-0.1, -0.05) is 27.5 Å². The molecule has 0 atom stereocenters. The number of carbonyl (C=O) groups excluding carboxylic acids is 1. The molecule has 0 saturated carbocycles. The molecule has 1 aliphatic rings. The molecule has 0 radical (unpaired) electrons. The smallest absolute Gasteiger partial charge is 0.237 e. The molecule has 17 heavy (non-hydrogen) atoms. The van der Waals surface area contributed by atoms with Gasteiger partial charge in [0.05, 0.1) is 6.07 Å². The monoisotopic (exact) mass is 312 g/mol. The Bertz CT molecular complexity index is 510. The fourth-order valence-electron chi connectivity index (χ4n) is 1.99. The summed E-state index contributed by atoms with van der Waals surface area (Å²) >= 11 is 9.63. The number of carbonyl (C=O) groups is 1. The zero-order valence-corrected chi connectivity index (χ0v) is 11.4. The van der Waals surface area contributed by atoms with Crippen molar-refractivity contribution >= 4 is 33.4 Å². The summed E-state index contributed by atoms with van der Waals surface area (Å²) in [6, 6.07) is 5.63. The molecule has 0 aromatic heterocycles. The van der Waals surface area contributed by atoms with Gasteiger partial charge in [-0.2, -0.15) is 5.26 Å². The Hall–Kier alpha value is -1.05. The van der Waals surface area contributed by atoms with Gasteiger partial charge >= 0.3 is 0 Å². The summed E-state index contributed by atoms with van der Waals surface area (Å²) in [6.07, 6.45) is 0.703. The van der Waals surface area contributed by atoms with E-state index in [1.165, 1.54) is 5.56 Å². The van der Waals surface area contributed by atoms with Gasteiger partial charge < -0.3 is 4.90 Å². The summed E-state index contributed by atoms with van der Waals surface area (Å²) in [5, 5.41) is 9.21. The van der Waals surface area contributed by atoms with E-state index in [2.05, 4.69) is 15.9 Å². The predicted molar refractivity (Wildman–Crippen MR) is 68.5 cm³/mol. The molecule has 3 nitrogen and oxygen atoms in total. The Morgan fingerprint density at radius 2 is 2.29 bits per heavy atom. The second kappa shape index (κ2) is 5.07. The van der Waals surface area contributed by atoms with Crippen molar-refractivity contribution in [1.82, 2.24) is 4.90 Å². The maximum absolute atomic E-state index is 11.7. The van der Waals surface area contributed by atoms with E-state index in [9.17, 15) is 4.79 Å². The number of amides is 1. The lowest BCUT2D eigenvalue weighted by molar-refractivity contribution is -0.131. The molecule has 1 aromatic rings. The number of benzene rings is 1. The van der Waals surface area contributed by atoms with Crippen LogP contribution in [-0.2, 0) is 17.8 Å². The van der Waals surface area contributed by atoms with Crippen molar-refractivity contribution in [3.8, 4) is 6.07 Å². The van der Waals surface area contributed by atoms with E-state index in [-0.39, 0.29) is 12.3 Å². The number of hydrogen-bond acceptors (Lipinski definition) is 2. The maximum atomic E-state index is 11.7. The minimum Gasteiger partial charge on any atom is -0.337 e. The van der Waals surface area contributed by atoms with Crippen molar-refractivity contribution in [2.75, 3.05) is 6.54 Å². The standard InChI is InChI=1S/C12H10BrClN2O/c13-10-1-2-11(14)9-7-16(6-4-8(9)10)12(17)3-5-15/h1-2H,3-4,6-7H2. The number of fused-ring (bicyclic) bond motifs is 1. The minimum absolute atomic E-state index is 0.0685. The molecule has 1 aliphatic heterocycles. The van der Waals surface area contributed by atoms with E-state index in [1.807, 2.05) is 18.2 Å². The van der Waals surface area contributed by atoms with Crippen LogP contribution < -0.4 is 0 Å². The molecule has 0 fully saturated rings. The zero-order chi connectivity index (χ0) is 12.4. The summed E-state index contributed by atoms with van der Waals surface area (Å²) in [6.45, 7) is 1.14. The molecule has 88 valence electrons. The van der Waals surface area contributed by atoms with Crippen LogP contribution in [0.1, 0.15) is 17.5 Å². The van der Waals surface area contributed by atoms with Gasteiger partial charge in [0.15, 0.2) is 0 Å². The summed E-state index contributed by atoms with van der Waals surface area (Å²) in [5.41, 5.74) is 2.15. The Balaban J connectivity index is 2.28. The van der Waals surface area contributed by atoms with Gasteiger partial charge in [0.2, 0.25) is 5.91 Å². The van der Waals surface area contributed by atoms with Gasteiger partial charge in [-0.25, -0.2) is 0 Å². The molecule has 0 saturated heterocycles. The lowest BCUT2D eigenvalue weighted by atomic mass is 9.99. The quantitative estimate of drug-likeness (QED) is 0.800. The van der Waals surface area contributed by atoms with Gasteiger partial charge in [-0.15, -0.1) is 0 Å². The van der Waals surface area contributed by atoms with E-state index < -0.39 is 0 Å². The Morgan fingerprint density at radius 1 is 1.53 bits per heavy atom. The SMILES string of the molecule is N#CCC(=O)N1CCc2c(Br)ccc(Cl)c2C1. The average Bonchev–Trinajstić information content (AvgIpc) is 2.34. The van der Waals surface area contributed by atoms with Crippen molar-refractivity contribution in [3.05, 3.63) is 32.8 Å². The lowest BCUT2D eigenvalue weighted by Crippen LogP contribution is -2.35. The van der Waals surface area contributed by atoms with Crippen LogP contribution in [0.25, 0.3) is 0 Å². The third-order valence-corrected chi connectivity index (χ3v) is 3.98. The third kappa shape index (κ3) is 2.46. The number of hydrogen-bond donors (Lipinski definition) is 0. The molecule has 0 bridgehead atoms. The molecule has 0 spiro atoms. The van der Waals surface area contributed by atoms with Crippen LogP contribution in [0, 0.1) is 11.3 Å². The molecule has 1 amide bonds. The maximum Gasteiger partial charge on any atom is 0.237 e. The van der Waals surface area contributed by atoms with Crippen molar-refractivity contribution in [3.63, 3.8) is 0 Å². The normalized spacial score (nSPS) is 14.1. The van der Waals surface area contributed by atoms with Crippen LogP contribution >= 0.6 is 27.5 Å². The van der Waals surface area contributed by atoms with E-state index in [4.69, 9.17) is 16.9 Å². The van der Waals surface area contributed by atoms with Crippen LogP contribution in [-0.4, -0.2) is 17.4 Å². The molecule has 0 N–H and O–H groups in total. The Morgan fingerprint density at radius 3 is 3.00 bits per heavy atom. The van der Waals surface area contributed by atoms with E-state index in [0.29, 0.717) is 18.1 Å². The molecule has 0 aliphatic carbocycles. The first kappa shape index (κ1) is 12.4. The number of nitriles is 1. The fourth-order valence-corrected chi connectivity index (χ4v) is 2.79. The highest BCUT2D eigenvalue weighted by molar-refractivity contribution is 9.10. The second-order valence-electron chi connectivity index (χ2n) is 3.89. The second-order valence-corrected chi connectivity index (χ2v) is 5.15. The van der Waals surface area contributed by atoms with E-state index in [1.54, 1.807) is 4.90 Å². The van der Waals surface area contributed by atoms with Crippen molar-refractivity contribution in [2.45, 2.75) is 19.4 Å². The van der Waals surface area contributed by atoms with Crippen molar-refractivity contribution in [2.24, 2.45) is 0 Å². The van der Waals surface area contributed by atoms with E-state index >= 15 is 0 Å². The van der Waals surface area contributed by atoms with Crippen LogP contribution in [0.2, 0.25) is 5.02 Å². The summed E-state index contributed by atoms with van der Waals surface area (Å²) in [7, 11) is 0. The summed E-state index contributed by atoms with van der Waals surface area (Å²) in [5.74, 6) is -0.130. The molecule has 1 heterocycles. The number of rotatable bonds is 1. The van der Waals surface area contributed by atoms with Gasteiger partial charge in [0, 0.05) is 22.6 Å². The largest absolute Gasteiger partial charge is 0.337 e. The molecule has 1 aromatic carbocycles. The van der Waals surface area contributed by atoms with Crippen molar-refractivity contribution < 1.29 is 4.79 Å². The topological polar surface area (TPSA) is 44.1 Å². The molecule has 2 rings (SSSR count). The summed E-state index contributed by atoms with van der Waals surface area (Å²) < 4.78 is 1.03. The highest BCUT2D eigenvalue weighted by Gasteiger charge is 2.23. The van der Waals surface area contributed by atoms with Gasteiger partial charge in [0.1, 0.15) is 6.42 Å². The van der Waals surface area contributed by atoms with E-state index in [0.717, 1.165) is 16.5 Å². The number of nitrogens with zero attached hydrogens (tertiary/aromatic N) is 2. The predicted octanol–water partition coefficient (Wildman–Crippen LogP) is 2.90. The van der Waals surface area contributed by atoms with Crippen LogP contribution in [0.3, 0.4) is 0 Å². The first-order chi connectivity index (χ1) is 8.13. The zero-order valence-electron chi connectivity index (χ0n) is 9.04. The average molecular weight is 314 g/mol. The molecule has 5 heteroatoms. The Labute approximate surface area is 113 Å². The lowest BCUT2D eigenvalue weighted by Gasteiger charge is -2.29. The van der Waals surface area contributed by atoms with Gasteiger partial charge in [-0.05, 0) is 29.7 Å². The fraction of sp³-hybridized carbons (Fsp3) is 0.333. The highest BCUT2D eigenvalue weighted by Crippen LogP contribution is 2.31. The minimum atomic E-state index is -0.130. The number of halogens is 2. The Kier molecular flexibility index (Phi) is 3.70. The first-order valence-electron chi connectivity index (χ1n) is 5.24. The molecular formula is C12H10BrClN2O. The van der Waals surface area contributed by atoms with Gasteiger partial charge in [0.25, 0.3) is 0 Å². The van der Waals surface area contributed by atoms with Crippen LogP contribution in [0.5, 0.6) is 0 Å². The van der Waals surface area contributed by atoms with Crippen molar-refractivity contribution in [1.29, 1.82) is 5.26 Å². The van der Waals surface area contributed by atoms with Crippen LogP contribution in [0.15, 0.2) is 16.6 Å². The van der Waals surface area contributed by atoms with Gasteiger partial charge in [-0.3, -0.25) is 4.79 Å². The molecule has 0 unspecified atom stereocenters. The third-order valence-electron chi connectivity index (χ3n) is 2.88. The molecular weight excluding hydrogens is 304 g/mol.